The first-order valence-electron chi connectivity index (χ1n) is 11.6. The Bertz CT molecular complexity index is 1120. The SMILES string of the molecule is Cc1noc(C)c1COc1ccc(C(=O)OCC(=O)N(C2CCCC2)C2CCS(=O)(=O)C2)cc1. The third-order valence-corrected chi connectivity index (χ3v) is 8.34. The fourth-order valence-corrected chi connectivity index (χ4v) is 6.43. The van der Waals surface area contributed by atoms with E-state index < -0.39 is 22.4 Å². The molecule has 1 aliphatic heterocycles. The van der Waals surface area contributed by atoms with Crippen molar-refractivity contribution in [3.8, 4) is 5.75 Å². The number of rotatable bonds is 8. The van der Waals surface area contributed by atoms with Crippen LogP contribution in [-0.4, -0.2) is 60.5 Å². The smallest absolute Gasteiger partial charge is 0.338 e. The topological polar surface area (TPSA) is 116 Å². The Morgan fingerprint density at radius 3 is 2.38 bits per heavy atom. The predicted octanol–water partition coefficient (Wildman–Crippen LogP) is 2.99. The van der Waals surface area contributed by atoms with Gasteiger partial charge in [0, 0.05) is 12.1 Å². The summed E-state index contributed by atoms with van der Waals surface area (Å²) in [5, 5.41) is 3.89. The highest BCUT2D eigenvalue weighted by Crippen LogP contribution is 2.29. The van der Waals surface area contributed by atoms with Crippen LogP contribution in [0.2, 0.25) is 0 Å². The second-order valence-electron chi connectivity index (χ2n) is 8.99. The molecule has 34 heavy (non-hydrogen) atoms. The van der Waals surface area contributed by atoms with Gasteiger partial charge in [-0.15, -0.1) is 0 Å². The minimum absolute atomic E-state index is 0.0126. The van der Waals surface area contributed by atoms with Gasteiger partial charge < -0.3 is 18.9 Å². The van der Waals surface area contributed by atoms with Gasteiger partial charge in [0.1, 0.15) is 18.1 Å². The molecule has 2 aliphatic rings. The second-order valence-corrected chi connectivity index (χ2v) is 11.2. The number of aromatic nitrogens is 1. The van der Waals surface area contributed by atoms with Gasteiger partial charge in [-0.2, -0.15) is 0 Å². The van der Waals surface area contributed by atoms with Gasteiger partial charge in [-0.3, -0.25) is 4.79 Å². The zero-order valence-corrected chi connectivity index (χ0v) is 20.3. The molecule has 2 heterocycles. The van der Waals surface area contributed by atoms with E-state index in [2.05, 4.69) is 5.16 Å². The number of carbonyl (C=O) groups is 2. The van der Waals surface area contributed by atoms with Crippen LogP contribution in [0, 0.1) is 13.8 Å². The first-order valence-corrected chi connectivity index (χ1v) is 13.4. The molecular formula is C24H30N2O7S. The molecule has 1 unspecified atom stereocenters. The van der Waals surface area contributed by atoms with E-state index >= 15 is 0 Å². The molecule has 2 aromatic rings. The highest BCUT2D eigenvalue weighted by molar-refractivity contribution is 7.91. The van der Waals surface area contributed by atoms with Crippen molar-refractivity contribution >= 4 is 21.7 Å². The van der Waals surface area contributed by atoms with Gasteiger partial charge in [0.05, 0.1) is 28.3 Å². The van der Waals surface area contributed by atoms with E-state index in [0.29, 0.717) is 30.1 Å². The molecule has 2 fully saturated rings. The summed E-state index contributed by atoms with van der Waals surface area (Å²) in [7, 11) is -3.13. The monoisotopic (exact) mass is 490 g/mol. The number of sulfone groups is 1. The van der Waals surface area contributed by atoms with Crippen LogP contribution in [-0.2, 0) is 26.0 Å². The predicted molar refractivity (Wildman–Crippen MR) is 123 cm³/mol. The zero-order chi connectivity index (χ0) is 24.3. The Hall–Kier alpha value is -2.88. The van der Waals surface area contributed by atoms with Crippen LogP contribution in [0.5, 0.6) is 5.75 Å². The molecule has 0 bridgehead atoms. The minimum Gasteiger partial charge on any atom is -0.489 e. The van der Waals surface area contributed by atoms with Crippen molar-refractivity contribution in [1.29, 1.82) is 0 Å². The summed E-state index contributed by atoms with van der Waals surface area (Å²) in [6.45, 7) is 3.55. The number of hydrogen-bond donors (Lipinski definition) is 0. The number of aryl methyl sites for hydroxylation is 2. The summed E-state index contributed by atoms with van der Waals surface area (Å²) in [4.78, 5) is 27.2. The van der Waals surface area contributed by atoms with Crippen LogP contribution in [0.3, 0.4) is 0 Å². The largest absolute Gasteiger partial charge is 0.489 e. The van der Waals surface area contributed by atoms with Gasteiger partial charge in [0.25, 0.3) is 5.91 Å². The van der Waals surface area contributed by atoms with Crippen molar-refractivity contribution in [3.63, 3.8) is 0 Å². The van der Waals surface area contributed by atoms with E-state index in [0.717, 1.165) is 36.9 Å². The molecule has 1 amide bonds. The maximum atomic E-state index is 13.0. The molecule has 0 N–H and O–H groups in total. The molecule has 1 aliphatic carbocycles. The number of ether oxygens (including phenoxy) is 2. The summed E-state index contributed by atoms with van der Waals surface area (Å²) in [6, 6.07) is 6.14. The molecule has 184 valence electrons. The van der Waals surface area contributed by atoms with Crippen molar-refractivity contribution in [3.05, 3.63) is 46.8 Å². The summed E-state index contributed by atoms with van der Waals surface area (Å²) in [5.41, 5.74) is 1.95. The van der Waals surface area contributed by atoms with E-state index in [1.165, 1.54) is 0 Å². The molecule has 9 nitrogen and oxygen atoms in total. The maximum absolute atomic E-state index is 13.0. The second kappa shape index (κ2) is 10.2. The molecular weight excluding hydrogens is 460 g/mol. The van der Waals surface area contributed by atoms with Gasteiger partial charge in [0.15, 0.2) is 16.4 Å². The molecule has 4 rings (SSSR count). The van der Waals surface area contributed by atoms with Crippen LogP contribution >= 0.6 is 0 Å². The fourth-order valence-electron chi connectivity index (χ4n) is 4.72. The van der Waals surface area contributed by atoms with Crippen molar-refractivity contribution in [2.75, 3.05) is 18.1 Å². The quantitative estimate of drug-likeness (QED) is 0.519. The molecule has 0 spiro atoms. The number of benzene rings is 1. The lowest BCUT2D eigenvalue weighted by atomic mass is 10.1. The zero-order valence-electron chi connectivity index (χ0n) is 19.5. The summed E-state index contributed by atoms with van der Waals surface area (Å²) < 4.78 is 40.1. The molecule has 10 heteroatoms. The lowest BCUT2D eigenvalue weighted by Gasteiger charge is -2.33. The van der Waals surface area contributed by atoms with Crippen LogP contribution in [0.25, 0.3) is 0 Å². The van der Waals surface area contributed by atoms with E-state index in [4.69, 9.17) is 14.0 Å². The molecule has 1 saturated heterocycles. The van der Waals surface area contributed by atoms with Gasteiger partial charge >= 0.3 is 5.97 Å². The minimum atomic E-state index is -3.13. The third-order valence-electron chi connectivity index (χ3n) is 6.59. The van der Waals surface area contributed by atoms with E-state index in [-0.39, 0.29) is 29.5 Å². The summed E-state index contributed by atoms with van der Waals surface area (Å²) in [6.07, 6.45) is 4.17. The summed E-state index contributed by atoms with van der Waals surface area (Å²) >= 11 is 0. The van der Waals surface area contributed by atoms with E-state index in [1.807, 2.05) is 13.8 Å². The Morgan fingerprint density at radius 1 is 1.09 bits per heavy atom. The van der Waals surface area contributed by atoms with Gasteiger partial charge in [-0.1, -0.05) is 18.0 Å². The van der Waals surface area contributed by atoms with Crippen LogP contribution in [0.1, 0.15) is 59.5 Å². The van der Waals surface area contributed by atoms with Crippen molar-refractivity contribution < 1.29 is 32.0 Å². The normalized spacial score (nSPS) is 19.8. The first kappa shape index (κ1) is 24.3. The molecule has 1 aromatic heterocycles. The molecule has 1 aromatic carbocycles. The lowest BCUT2D eigenvalue weighted by molar-refractivity contribution is -0.139. The Morgan fingerprint density at radius 2 is 1.79 bits per heavy atom. The van der Waals surface area contributed by atoms with Gasteiger partial charge in [-0.05, 0) is 57.4 Å². The van der Waals surface area contributed by atoms with Crippen molar-refractivity contribution in [2.45, 2.75) is 64.6 Å². The van der Waals surface area contributed by atoms with E-state index in [9.17, 15) is 18.0 Å². The number of amides is 1. The van der Waals surface area contributed by atoms with Crippen LogP contribution in [0.4, 0.5) is 0 Å². The van der Waals surface area contributed by atoms with Crippen LogP contribution in [0.15, 0.2) is 28.8 Å². The lowest BCUT2D eigenvalue weighted by Crippen LogP contribution is -2.48. The first-order chi connectivity index (χ1) is 16.2. The number of esters is 1. The summed E-state index contributed by atoms with van der Waals surface area (Å²) in [5.74, 6) is 0.404. The molecule has 1 saturated carbocycles. The number of nitrogens with zero attached hydrogens (tertiary/aromatic N) is 2. The third kappa shape index (κ3) is 5.60. The standard InChI is InChI=1S/C24H30N2O7S/c1-16-22(17(2)33-25-16)13-31-21-9-7-18(8-10-21)24(28)32-14-23(27)26(19-5-3-4-6-19)20-11-12-34(29,30)15-20/h7-10,19-20H,3-6,11-15H2,1-2H3. The van der Waals surface area contributed by atoms with Crippen molar-refractivity contribution in [1.82, 2.24) is 10.1 Å². The number of carbonyl (C=O) groups excluding carboxylic acids is 2. The fraction of sp³-hybridized carbons (Fsp3) is 0.542. The Kier molecular flexibility index (Phi) is 7.25. The highest BCUT2D eigenvalue weighted by atomic mass is 32.2. The Labute approximate surface area is 199 Å². The van der Waals surface area contributed by atoms with Crippen molar-refractivity contribution in [2.24, 2.45) is 0 Å². The van der Waals surface area contributed by atoms with Gasteiger partial charge in [-0.25, -0.2) is 13.2 Å². The highest BCUT2D eigenvalue weighted by Gasteiger charge is 2.39. The molecule has 1 atom stereocenters. The average Bonchev–Trinajstić information content (AvgIpc) is 3.53. The average molecular weight is 491 g/mol. The van der Waals surface area contributed by atoms with E-state index in [1.54, 1.807) is 29.2 Å². The molecule has 0 radical (unpaired) electrons. The van der Waals surface area contributed by atoms with Gasteiger partial charge in [0.2, 0.25) is 0 Å². The Balaban J connectivity index is 1.33. The van der Waals surface area contributed by atoms with Crippen LogP contribution < -0.4 is 4.74 Å². The maximum Gasteiger partial charge on any atom is 0.338 e. The number of hydrogen-bond acceptors (Lipinski definition) is 8.